The summed E-state index contributed by atoms with van der Waals surface area (Å²) in [6.07, 6.45) is 2.79. The Morgan fingerprint density at radius 1 is 1.21 bits per heavy atom. The average molecular weight is 471 g/mol. The van der Waals surface area contributed by atoms with E-state index in [-0.39, 0.29) is 5.56 Å². The molecule has 9 heteroatoms. The first-order valence-electron chi connectivity index (χ1n) is 11.4. The third kappa shape index (κ3) is 4.83. The predicted molar refractivity (Wildman–Crippen MR) is 132 cm³/mol. The van der Waals surface area contributed by atoms with Crippen molar-refractivity contribution in [2.24, 2.45) is 5.92 Å². The Kier molecular flexibility index (Phi) is 6.88. The number of thiophene rings is 1. The quantitative estimate of drug-likeness (QED) is 0.518. The van der Waals surface area contributed by atoms with E-state index in [9.17, 15) is 9.59 Å². The number of benzene rings is 1. The molecule has 4 rings (SSSR count). The number of nitrogens with one attached hydrogen (secondary N) is 2. The summed E-state index contributed by atoms with van der Waals surface area (Å²) in [7, 11) is 0. The molecular weight excluding hydrogens is 440 g/mol. The zero-order valence-electron chi connectivity index (χ0n) is 19.5. The van der Waals surface area contributed by atoms with Crippen LogP contribution in [-0.2, 0) is 13.0 Å². The van der Waals surface area contributed by atoms with Crippen molar-refractivity contribution in [3.8, 4) is 11.5 Å². The molecule has 1 aromatic carbocycles. The summed E-state index contributed by atoms with van der Waals surface area (Å²) >= 11 is 1.33. The molecule has 0 radical (unpaired) electrons. The second kappa shape index (κ2) is 9.82. The fraction of sp³-hybridized carbons (Fsp3) is 0.458. The molecule has 3 aromatic rings. The lowest BCUT2D eigenvalue weighted by atomic mass is 10.0. The zero-order valence-corrected chi connectivity index (χ0v) is 20.3. The van der Waals surface area contributed by atoms with Gasteiger partial charge >= 0.3 is 6.03 Å². The van der Waals surface area contributed by atoms with Crippen LogP contribution in [0.15, 0.2) is 23.0 Å². The molecule has 0 saturated carbocycles. The van der Waals surface area contributed by atoms with Gasteiger partial charge in [0.1, 0.15) is 27.2 Å². The van der Waals surface area contributed by atoms with E-state index in [1.165, 1.54) is 11.3 Å². The standard InChI is InChI=1S/C24H30N4O4S/c1-5-31-16-8-9-18(32-6-2)17(13-16)25-24(30)27-21-15(4)20-22(33-21)26-19-10-7-14(3)11-12-28(19)23(20)29/h8-9,13-14H,5-7,10-12H2,1-4H3,(H2,25,27,30). The van der Waals surface area contributed by atoms with Gasteiger partial charge < -0.3 is 14.8 Å². The van der Waals surface area contributed by atoms with E-state index >= 15 is 0 Å². The van der Waals surface area contributed by atoms with Crippen LogP contribution < -0.4 is 25.7 Å². The third-order valence-corrected chi connectivity index (χ3v) is 6.97. The first-order chi connectivity index (χ1) is 15.9. The van der Waals surface area contributed by atoms with E-state index in [0.717, 1.165) is 30.7 Å². The second-order valence-electron chi connectivity index (χ2n) is 8.26. The van der Waals surface area contributed by atoms with E-state index in [4.69, 9.17) is 14.5 Å². The van der Waals surface area contributed by atoms with Crippen LogP contribution >= 0.6 is 11.3 Å². The summed E-state index contributed by atoms with van der Waals surface area (Å²) < 4.78 is 13.0. The van der Waals surface area contributed by atoms with Gasteiger partial charge in [-0.2, -0.15) is 0 Å². The van der Waals surface area contributed by atoms with Crippen LogP contribution in [0, 0.1) is 12.8 Å². The van der Waals surface area contributed by atoms with Crippen molar-refractivity contribution in [3.05, 3.63) is 39.9 Å². The van der Waals surface area contributed by atoms with E-state index in [1.807, 2.05) is 25.3 Å². The maximum Gasteiger partial charge on any atom is 0.324 e. The third-order valence-electron chi connectivity index (χ3n) is 5.87. The largest absolute Gasteiger partial charge is 0.494 e. The maximum atomic E-state index is 13.2. The monoisotopic (exact) mass is 470 g/mol. The number of aromatic nitrogens is 2. The van der Waals surface area contributed by atoms with Gasteiger partial charge in [-0.15, -0.1) is 0 Å². The van der Waals surface area contributed by atoms with E-state index in [0.29, 0.717) is 58.1 Å². The minimum Gasteiger partial charge on any atom is -0.494 e. The molecule has 2 aromatic heterocycles. The van der Waals surface area contributed by atoms with Crippen molar-refractivity contribution >= 4 is 38.3 Å². The smallest absolute Gasteiger partial charge is 0.324 e. The van der Waals surface area contributed by atoms with Crippen LogP contribution in [0.4, 0.5) is 15.5 Å². The first kappa shape index (κ1) is 23.1. The highest BCUT2D eigenvalue weighted by molar-refractivity contribution is 7.22. The van der Waals surface area contributed by atoms with Gasteiger partial charge in [0.25, 0.3) is 5.56 Å². The number of amides is 2. The van der Waals surface area contributed by atoms with Gasteiger partial charge in [-0.3, -0.25) is 14.7 Å². The van der Waals surface area contributed by atoms with Gasteiger partial charge in [-0.25, -0.2) is 9.78 Å². The predicted octanol–water partition coefficient (Wildman–Crippen LogP) is 5.18. The van der Waals surface area contributed by atoms with Crippen LogP contribution in [0.3, 0.4) is 0 Å². The number of urea groups is 1. The fourth-order valence-corrected chi connectivity index (χ4v) is 5.16. The highest BCUT2D eigenvalue weighted by atomic mass is 32.1. The van der Waals surface area contributed by atoms with Crippen molar-refractivity contribution in [2.45, 2.75) is 53.5 Å². The molecule has 8 nitrogen and oxygen atoms in total. The van der Waals surface area contributed by atoms with E-state index in [2.05, 4.69) is 17.6 Å². The number of rotatable bonds is 6. The van der Waals surface area contributed by atoms with Gasteiger partial charge in [0.15, 0.2) is 0 Å². The number of carbonyl (C=O) groups is 1. The Labute approximate surface area is 196 Å². The normalized spacial score (nSPS) is 15.6. The molecule has 2 N–H and O–H groups in total. The summed E-state index contributed by atoms with van der Waals surface area (Å²) in [6.45, 7) is 9.53. The maximum absolute atomic E-state index is 13.2. The molecule has 1 atom stereocenters. The summed E-state index contributed by atoms with van der Waals surface area (Å²) in [4.78, 5) is 31.5. The SMILES string of the molecule is CCOc1ccc(OCC)c(NC(=O)Nc2sc3nc4n(c(=O)c3c2C)CCC(C)CC4)c1. The van der Waals surface area contributed by atoms with Crippen LogP contribution in [0.25, 0.3) is 10.2 Å². The lowest BCUT2D eigenvalue weighted by Crippen LogP contribution is -2.24. The molecule has 176 valence electrons. The molecule has 1 unspecified atom stereocenters. The lowest BCUT2D eigenvalue weighted by molar-refractivity contribution is 0.262. The molecule has 2 amide bonds. The zero-order chi connectivity index (χ0) is 23.5. The summed E-state index contributed by atoms with van der Waals surface area (Å²) in [5.74, 6) is 2.61. The molecule has 1 aliphatic heterocycles. The van der Waals surface area contributed by atoms with Gasteiger partial charge in [0.2, 0.25) is 0 Å². The highest BCUT2D eigenvalue weighted by Gasteiger charge is 2.22. The van der Waals surface area contributed by atoms with E-state index < -0.39 is 6.03 Å². The summed E-state index contributed by atoms with van der Waals surface area (Å²) in [6, 6.07) is 4.89. The minimum atomic E-state index is -0.422. The Morgan fingerprint density at radius 2 is 2.00 bits per heavy atom. The molecule has 0 aliphatic carbocycles. The van der Waals surface area contributed by atoms with Crippen molar-refractivity contribution in [2.75, 3.05) is 23.8 Å². The number of nitrogens with zero attached hydrogens (tertiary/aromatic N) is 2. The van der Waals surface area contributed by atoms with Crippen LogP contribution in [0.5, 0.6) is 11.5 Å². The molecule has 0 spiro atoms. The molecule has 0 fully saturated rings. The summed E-state index contributed by atoms with van der Waals surface area (Å²) in [5, 5.41) is 6.93. The number of ether oxygens (including phenoxy) is 2. The molecule has 33 heavy (non-hydrogen) atoms. The first-order valence-corrected chi connectivity index (χ1v) is 12.2. The minimum absolute atomic E-state index is 0.0191. The van der Waals surface area contributed by atoms with Gasteiger partial charge in [-0.1, -0.05) is 18.3 Å². The Bertz CT molecular complexity index is 1230. The van der Waals surface area contributed by atoms with Gasteiger partial charge in [0, 0.05) is 19.0 Å². The van der Waals surface area contributed by atoms with Crippen LogP contribution in [-0.4, -0.2) is 28.8 Å². The number of carbonyl (C=O) groups excluding carboxylic acids is 1. The molecule has 0 saturated heterocycles. The number of anilines is 2. The average Bonchev–Trinajstić information content (AvgIpc) is 2.95. The second-order valence-corrected chi connectivity index (χ2v) is 9.26. The molecule has 3 heterocycles. The molecular formula is C24H30N4O4S. The molecule has 0 bridgehead atoms. The highest BCUT2D eigenvalue weighted by Crippen LogP contribution is 2.34. The fourth-order valence-electron chi connectivity index (χ4n) is 4.07. The lowest BCUT2D eigenvalue weighted by Gasteiger charge is -2.14. The van der Waals surface area contributed by atoms with E-state index in [1.54, 1.807) is 18.2 Å². The van der Waals surface area contributed by atoms with Crippen molar-refractivity contribution in [1.82, 2.24) is 9.55 Å². The topological polar surface area (TPSA) is 94.5 Å². The van der Waals surface area contributed by atoms with Crippen molar-refractivity contribution in [1.29, 1.82) is 0 Å². The van der Waals surface area contributed by atoms with Crippen LogP contribution in [0.2, 0.25) is 0 Å². The van der Waals surface area contributed by atoms with Crippen LogP contribution in [0.1, 0.15) is 45.0 Å². The van der Waals surface area contributed by atoms with Crippen molar-refractivity contribution in [3.63, 3.8) is 0 Å². The van der Waals surface area contributed by atoms with Gasteiger partial charge in [0.05, 0.1) is 24.3 Å². The number of hydrogen-bond donors (Lipinski definition) is 2. The molecule has 1 aliphatic rings. The number of aryl methyl sites for hydroxylation is 2. The van der Waals surface area contributed by atoms with Crippen molar-refractivity contribution < 1.29 is 14.3 Å². The number of fused-ring (bicyclic) bond motifs is 2. The Balaban J connectivity index is 1.60. The van der Waals surface area contributed by atoms with Gasteiger partial charge in [-0.05, 0) is 57.2 Å². The number of hydrogen-bond acceptors (Lipinski definition) is 6. The summed E-state index contributed by atoms with van der Waals surface area (Å²) in [5.41, 5.74) is 1.23. The Hall–Kier alpha value is -3.07. The Morgan fingerprint density at radius 3 is 2.76 bits per heavy atom.